The molecule has 0 fully saturated rings. The van der Waals surface area contributed by atoms with Crippen molar-refractivity contribution < 1.29 is 0 Å². The van der Waals surface area contributed by atoms with Gasteiger partial charge in [-0.25, -0.2) is 0 Å². The van der Waals surface area contributed by atoms with Crippen LogP contribution in [0.15, 0.2) is 41.8 Å². The highest BCUT2D eigenvalue weighted by atomic mass is 79.9. The summed E-state index contributed by atoms with van der Waals surface area (Å²) in [5.41, 5.74) is 1.23. The topological polar surface area (TPSA) is 0 Å². The monoisotopic (exact) mass is 286 g/mol. The molecule has 14 heavy (non-hydrogen) atoms. The Morgan fingerprint density at radius 2 is 1.86 bits per heavy atom. The van der Waals surface area contributed by atoms with E-state index in [4.69, 9.17) is 11.6 Å². The number of benzene rings is 1. The largest absolute Gasteiger partial charge is 0.146 e. The second-order valence-electron chi connectivity index (χ2n) is 2.91. The summed E-state index contributed by atoms with van der Waals surface area (Å²) in [5, 5.41) is 2.84. The number of hydrogen-bond acceptors (Lipinski definition) is 1. The molecular weight excluding hydrogens is 280 g/mol. The molecule has 0 aliphatic rings. The first-order valence-electron chi connectivity index (χ1n) is 4.21. The van der Waals surface area contributed by atoms with Crippen molar-refractivity contribution in [1.29, 1.82) is 0 Å². The first-order valence-corrected chi connectivity index (χ1v) is 6.38. The fourth-order valence-corrected chi connectivity index (χ4v) is 3.43. The van der Waals surface area contributed by atoms with E-state index in [1.807, 2.05) is 29.6 Å². The van der Waals surface area contributed by atoms with Crippen molar-refractivity contribution in [3.63, 3.8) is 0 Å². The van der Waals surface area contributed by atoms with Crippen molar-refractivity contribution >= 4 is 38.9 Å². The van der Waals surface area contributed by atoms with Gasteiger partial charge in [-0.2, -0.15) is 0 Å². The Bertz CT molecular complexity index is 410. The van der Waals surface area contributed by atoms with Gasteiger partial charge in [-0.3, -0.25) is 0 Å². The van der Waals surface area contributed by atoms with Crippen LogP contribution in [0.4, 0.5) is 0 Å². The summed E-state index contributed by atoms with van der Waals surface area (Å²) >= 11 is 11.4. The predicted octanol–water partition coefficient (Wildman–Crippen LogP) is 4.89. The van der Waals surface area contributed by atoms with Crippen LogP contribution in [-0.4, -0.2) is 0 Å². The molecule has 1 atom stereocenters. The molecule has 0 aliphatic heterocycles. The lowest BCUT2D eigenvalue weighted by atomic mass is 10.1. The van der Waals surface area contributed by atoms with Gasteiger partial charge in [-0.1, -0.05) is 57.9 Å². The molecule has 3 heteroatoms. The molecule has 0 nitrogen and oxygen atoms in total. The highest BCUT2D eigenvalue weighted by molar-refractivity contribution is 9.09. The molecule has 0 N–H and O–H groups in total. The zero-order valence-corrected chi connectivity index (χ0v) is 10.4. The second kappa shape index (κ2) is 4.47. The molecule has 1 aromatic heterocycles. The van der Waals surface area contributed by atoms with Crippen molar-refractivity contribution in [2.24, 2.45) is 0 Å². The van der Waals surface area contributed by atoms with Crippen molar-refractivity contribution in [1.82, 2.24) is 0 Å². The van der Waals surface area contributed by atoms with E-state index >= 15 is 0 Å². The molecule has 0 saturated heterocycles. The van der Waals surface area contributed by atoms with E-state index in [1.165, 1.54) is 5.56 Å². The van der Waals surface area contributed by atoms with Gasteiger partial charge in [0.2, 0.25) is 0 Å². The van der Waals surface area contributed by atoms with Gasteiger partial charge in [0.25, 0.3) is 0 Å². The van der Waals surface area contributed by atoms with Gasteiger partial charge in [0.15, 0.2) is 0 Å². The minimum absolute atomic E-state index is 0.205. The minimum Gasteiger partial charge on any atom is -0.146 e. The summed E-state index contributed by atoms with van der Waals surface area (Å²) in [6, 6.07) is 12.2. The van der Waals surface area contributed by atoms with E-state index in [9.17, 15) is 0 Å². The maximum Gasteiger partial charge on any atom is 0.0753 e. The minimum atomic E-state index is 0.205. The molecule has 2 aromatic rings. The van der Waals surface area contributed by atoms with E-state index in [0.29, 0.717) is 0 Å². The lowest BCUT2D eigenvalue weighted by Gasteiger charge is -2.08. The summed E-state index contributed by atoms with van der Waals surface area (Å²) in [5.74, 6) is 0. The summed E-state index contributed by atoms with van der Waals surface area (Å²) in [4.78, 5) is 1.37. The second-order valence-corrected chi connectivity index (χ2v) is 5.18. The number of alkyl halides is 1. The van der Waals surface area contributed by atoms with Crippen LogP contribution in [0.3, 0.4) is 0 Å². The number of hydrogen-bond donors (Lipinski definition) is 0. The molecule has 0 saturated carbocycles. The summed E-state index contributed by atoms with van der Waals surface area (Å²) in [6.45, 7) is 0. The first-order chi connectivity index (χ1) is 6.79. The predicted molar refractivity (Wildman–Crippen MR) is 66.5 cm³/mol. The molecular formula is C11H8BrClS. The van der Waals surface area contributed by atoms with Gasteiger partial charge in [0.05, 0.1) is 9.85 Å². The standard InChI is InChI=1S/C11H8BrClS/c12-10(8-4-2-1-3-5-8)11-9(13)6-7-14-11/h1-7,10H. The van der Waals surface area contributed by atoms with E-state index < -0.39 is 0 Å². The highest BCUT2D eigenvalue weighted by Gasteiger charge is 2.14. The van der Waals surface area contributed by atoms with Crippen LogP contribution < -0.4 is 0 Å². The lowest BCUT2D eigenvalue weighted by Crippen LogP contribution is -1.88. The van der Waals surface area contributed by atoms with Gasteiger partial charge in [0, 0.05) is 4.88 Å². The Kier molecular flexibility index (Phi) is 3.26. The Balaban J connectivity index is 2.34. The van der Waals surface area contributed by atoms with E-state index in [2.05, 4.69) is 28.1 Å². The maximum atomic E-state index is 6.06. The first kappa shape index (κ1) is 10.2. The number of halogens is 2. The lowest BCUT2D eigenvalue weighted by molar-refractivity contribution is 1.23. The number of rotatable bonds is 2. The smallest absolute Gasteiger partial charge is 0.0753 e. The van der Waals surface area contributed by atoms with Crippen LogP contribution in [0.2, 0.25) is 5.02 Å². The summed E-state index contributed by atoms with van der Waals surface area (Å²) in [6.07, 6.45) is 0. The zero-order valence-electron chi connectivity index (χ0n) is 7.28. The third-order valence-electron chi connectivity index (χ3n) is 1.97. The van der Waals surface area contributed by atoms with Gasteiger partial charge in [0.1, 0.15) is 0 Å². The fourth-order valence-electron chi connectivity index (χ4n) is 1.26. The third-order valence-corrected chi connectivity index (χ3v) is 4.68. The molecule has 0 radical (unpaired) electrons. The summed E-state index contributed by atoms with van der Waals surface area (Å²) in [7, 11) is 0. The molecule has 2 rings (SSSR count). The number of thiophene rings is 1. The van der Waals surface area contributed by atoms with Gasteiger partial charge in [-0.15, -0.1) is 11.3 Å². The zero-order chi connectivity index (χ0) is 9.97. The molecule has 0 aliphatic carbocycles. The Morgan fingerprint density at radius 3 is 2.43 bits per heavy atom. The molecule has 0 spiro atoms. The fraction of sp³-hybridized carbons (Fsp3) is 0.0909. The Hall–Kier alpha value is -0.310. The van der Waals surface area contributed by atoms with E-state index in [-0.39, 0.29) is 4.83 Å². The van der Waals surface area contributed by atoms with Gasteiger partial charge >= 0.3 is 0 Å². The van der Waals surface area contributed by atoms with Crippen LogP contribution in [0.5, 0.6) is 0 Å². The molecule has 72 valence electrons. The summed E-state index contributed by atoms with van der Waals surface area (Å²) < 4.78 is 0. The van der Waals surface area contributed by atoms with Crippen molar-refractivity contribution in [2.45, 2.75) is 4.83 Å². The molecule has 0 bridgehead atoms. The van der Waals surface area contributed by atoms with E-state index in [1.54, 1.807) is 11.3 Å². The quantitative estimate of drug-likeness (QED) is 0.690. The van der Waals surface area contributed by atoms with Crippen LogP contribution >= 0.6 is 38.9 Å². The Morgan fingerprint density at radius 1 is 1.14 bits per heavy atom. The van der Waals surface area contributed by atoms with Crippen LogP contribution in [0, 0.1) is 0 Å². The van der Waals surface area contributed by atoms with Crippen LogP contribution in [0.25, 0.3) is 0 Å². The van der Waals surface area contributed by atoms with Crippen LogP contribution in [-0.2, 0) is 0 Å². The maximum absolute atomic E-state index is 6.06. The molecule has 1 unspecified atom stereocenters. The van der Waals surface area contributed by atoms with Crippen molar-refractivity contribution in [3.05, 3.63) is 57.2 Å². The Labute approximate surface area is 101 Å². The average Bonchev–Trinajstić information content (AvgIpc) is 2.65. The average molecular weight is 288 g/mol. The third kappa shape index (κ3) is 2.02. The van der Waals surface area contributed by atoms with Crippen molar-refractivity contribution in [2.75, 3.05) is 0 Å². The normalized spacial score (nSPS) is 12.7. The molecule has 0 amide bonds. The highest BCUT2D eigenvalue weighted by Crippen LogP contribution is 2.38. The van der Waals surface area contributed by atoms with Crippen molar-refractivity contribution in [3.8, 4) is 0 Å². The van der Waals surface area contributed by atoms with Gasteiger partial charge in [-0.05, 0) is 17.0 Å². The molecule has 1 aromatic carbocycles. The molecule has 1 heterocycles. The van der Waals surface area contributed by atoms with Gasteiger partial charge < -0.3 is 0 Å². The van der Waals surface area contributed by atoms with E-state index in [0.717, 1.165) is 9.90 Å². The SMILES string of the molecule is Clc1ccsc1C(Br)c1ccccc1. The van der Waals surface area contributed by atoms with Crippen LogP contribution in [0.1, 0.15) is 15.3 Å².